The lowest BCUT2D eigenvalue weighted by molar-refractivity contribution is 0.660. The Bertz CT molecular complexity index is 3090. The number of hydrogen-bond acceptors (Lipinski definition) is 0. The molecule has 266 valence electrons. The predicted molar refractivity (Wildman–Crippen MR) is 236 cm³/mol. The van der Waals surface area contributed by atoms with Crippen LogP contribution in [0.4, 0.5) is 0 Å². The minimum atomic E-state index is -0.0569. The van der Waals surface area contributed by atoms with E-state index in [0.29, 0.717) is 0 Å². The largest absolute Gasteiger partial charge is 0.309 e. The predicted octanol–water partition coefficient (Wildman–Crippen LogP) is 14.2. The molecule has 10 aromatic rings. The molecule has 0 bridgehead atoms. The van der Waals surface area contributed by atoms with E-state index in [1.165, 1.54) is 111 Å². The molecular weight excluding hydrogens is 677 g/mol. The van der Waals surface area contributed by atoms with Crippen LogP contribution >= 0.6 is 0 Å². The molecule has 2 heteroatoms. The Morgan fingerprint density at radius 2 is 0.679 bits per heavy atom. The van der Waals surface area contributed by atoms with Crippen LogP contribution in [0.3, 0.4) is 0 Å². The third-order valence-corrected chi connectivity index (χ3v) is 13.3. The molecule has 0 fully saturated rings. The van der Waals surface area contributed by atoms with E-state index in [2.05, 4.69) is 207 Å². The zero-order chi connectivity index (χ0) is 37.5. The molecule has 2 aromatic heterocycles. The second-order valence-electron chi connectivity index (χ2n) is 17.0. The third-order valence-electron chi connectivity index (χ3n) is 13.3. The molecular formula is C54H40N2. The van der Waals surface area contributed by atoms with E-state index >= 15 is 0 Å². The van der Waals surface area contributed by atoms with E-state index < -0.39 is 0 Å². The molecule has 12 rings (SSSR count). The molecule has 0 unspecified atom stereocenters. The first-order chi connectivity index (χ1) is 27.3. The molecule has 2 aliphatic rings. The summed E-state index contributed by atoms with van der Waals surface area (Å²) in [6, 6.07) is 63.8. The number of hydrogen-bond donors (Lipinski definition) is 0. The van der Waals surface area contributed by atoms with Crippen LogP contribution in [-0.4, -0.2) is 9.13 Å². The normalized spacial score (nSPS) is 14.7. The maximum absolute atomic E-state index is 2.46. The highest BCUT2D eigenvalue weighted by atomic mass is 15.0. The number of aromatic nitrogens is 2. The van der Waals surface area contributed by atoms with Gasteiger partial charge in [0.1, 0.15) is 0 Å². The Morgan fingerprint density at radius 3 is 1.14 bits per heavy atom. The van der Waals surface area contributed by atoms with Gasteiger partial charge in [-0.1, -0.05) is 137 Å². The topological polar surface area (TPSA) is 9.86 Å². The Kier molecular flexibility index (Phi) is 6.22. The lowest BCUT2D eigenvalue weighted by Crippen LogP contribution is -2.15. The molecule has 2 heterocycles. The van der Waals surface area contributed by atoms with Gasteiger partial charge in [0, 0.05) is 43.7 Å². The number of fused-ring (bicyclic) bond motifs is 12. The van der Waals surface area contributed by atoms with Crippen molar-refractivity contribution in [2.24, 2.45) is 0 Å². The number of benzene rings is 8. The molecule has 56 heavy (non-hydrogen) atoms. The molecule has 0 saturated carbocycles. The molecule has 0 N–H and O–H groups in total. The van der Waals surface area contributed by atoms with Crippen molar-refractivity contribution in [2.45, 2.75) is 38.5 Å². The fourth-order valence-electron chi connectivity index (χ4n) is 10.5. The van der Waals surface area contributed by atoms with Gasteiger partial charge >= 0.3 is 0 Å². The Labute approximate surface area is 326 Å². The first-order valence-electron chi connectivity index (χ1n) is 19.9. The van der Waals surface area contributed by atoms with Crippen molar-refractivity contribution >= 4 is 43.6 Å². The molecule has 0 spiro atoms. The number of rotatable bonds is 3. The van der Waals surface area contributed by atoms with Crippen molar-refractivity contribution in [3.05, 3.63) is 192 Å². The van der Waals surface area contributed by atoms with Crippen LogP contribution in [0.5, 0.6) is 0 Å². The van der Waals surface area contributed by atoms with Crippen molar-refractivity contribution in [3.8, 4) is 44.8 Å². The van der Waals surface area contributed by atoms with Gasteiger partial charge in [-0.15, -0.1) is 0 Å². The second-order valence-corrected chi connectivity index (χ2v) is 17.0. The van der Waals surface area contributed by atoms with Gasteiger partial charge in [-0.05, 0) is 116 Å². The fraction of sp³-hybridized carbons (Fsp3) is 0.111. The summed E-state index contributed by atoms with van der Waals surface area (Å²) in [5.74, 6) is 0. The first-order valence-corrected chi connectivity index (χ1v) is 19.9. The highest BCUT2D eigenvalue weighted by Crippen LogP contribution is 2.51. The molecule has 0 amide bonds. The van der Waals surface area contributed by atoms with Crippen molar-refractivity contribution in [3.63, 3.8) is 0 Å². The molecule has 0 atom stereocenters. The summed E-state index contributed by atoms with van der Waals surface area (Å²) >= 11 is 0. The Balaban J connectivity index is 1.000. The summed E-state index contributed by atoms with van der Waals surface area (Å²) in [7, 11) is 0. The number of nitrogens with zero attached hydrogens (tertiary/aromatic N) is 2. The summed E-state index contributed by atoms with van der Waals surface area (Å²) in [6.45, 7) is 9.44. The van der Waals surface area contributed by atoms with E-state index in [9.17, 15) is 0 Å². The summed E-state index contributed by atoms with van der Waals surface area (Å²) in [5, 5.41) is 5.08. The molecule has 2 aliphatic carbocycles. The van der Waals surface area contributed by atoms with Gasteiger partial charge in [0.05, 0.1) is 22.1 Å². The van der Waals surface area contributed by atoms with Gasteiger partial charge in [0.2, 0.25) is 0 Å². The summed E-state index contributed by atoms with van der Waals surface area (Å²) < 4.78 is 4.92. The van der Waals surface area contributed by atoms with Crippen molar-refractivity contribution in [1.82, 2.24) is 9.13 Å². The maximum atomic E-state index is 2.46. The van der Waals surface area contributed by atoms with E-state index in [4.69, 9.17) is 0 Å². The van der Waals surface area contributed by atoms with Crippen LogP contribution in [-0.2, 0) is 10.8 Å². The second kappa shape index (κ2) is 11.0. The van der Waals surface area contributed by atoms with Gasteiger partial charge in [0.25, 0.3) is 0 Å². The standard InChI is InChI=1S/C54H40N2/c1-53(2)45-17-9-5-13-37(45)39-25-23-35(31-47(39)53)55-49-19-11-7-15-41(49)43-29-33(21-27-51(43)55)34-22-28-52-44(30-34)42-16-8-12-20-50(42)56(52)36-24-26-40-38-14-6-10-18-46(38)54(3,4)48(40)32-36/h5-32H,1-4H3. The molecule has 0 saturated heterocycles. The van der Waals surface area contributed by atoms with Gasteiger partial charge < -0.3 is 9.13 Å². The van der Waals surface area contributed by atoms with Crippen LogP contribution in [0.15, 0.2) is 170 Å². The van der Waals surface area contributed by atoms with Crippen molar-refractivity contribution in [1.29, 1.82) is 0 Å². The third kappa shape index (κ3) is 4.11. The molecule has 8 aromatic carbocycles. The highest BCUT2D eigenvalue weighted by molar-refractivity contribution is 6.13. The smallest absolute Gasteiger partial charge is 0.0541 e. The zero-order valence-corrected chi connectivity index (χ0v) is 32.1. The molecule has 0 aliphatic heterocycles. The van der Waals surface area contributed by atoms with Crippen LogP contribution in [0.2, 0.25) is 0 Å². The fourth-order valence-corrected chi connectivity index (χ4v) is 10.5. The summed E-state index contributed by atoms with van der Waals surface area (Å²) in [4.78, 5) is 0. The van der Waals surface area contributed by atoms with Gasteiger partial charge in [-0.3, -0.25) is 0 Å². The SMILES string of the molecule is CC1(C)c2ccccc2-c2ccc(-n3c4ccccc4c4cc(-c5ccc6c(c5)c5ccccc5n6-c5ccc6c(c5)C(C)(C)c5ccccc5-6)ccc43)cc21. The van der Waals surface area contributed by atoms with E-state index in [0.717, 1.165) is 0 Å². The Hall–Kier alpha value is -6.64. The van der Waals surface area contributed by atoms with Gasteiger partial charge in [0.15, 0.2) is 0 Å². The van der Waals surface area contributed by atoms with Gasteiger partial charge in [-0.2, -0.15) is 0 Å². The van der Waals surface area contributed by atoms with Crippen LogP contribution < -0.4 is 0 Å². The average Bonchev–Trinajstić information content (AvgIpc) is 3.89. The van der Waals surface area contributed by atoms with Crippen molar-refractivity contribution in [2.75, 3.05) is 0 Å². The lowest BCUT2D eigenvalue weighted by atomic mass is 9.82. The first kappa shape index (κ1) is 31.7. The summed E-state index contributed by atoms with van der Waals surface area (Å²) in [5.41, 5.74) is 20.6. The minimum absolute atomic E-state index is 0.0569. The van der Waals surface area contributed by atoms with Crippen molar-refractivity contribution < 1.29 is 0 Å². The quantitative estimate of drug-likeness (QED) is 0.172. The van der Waals surface area contributed by atoms with E-state index in [1.807, 2.05) is 0 Å². The highest BCUT2D eigenvalue weighted by Gasteiger charge is 2.36. The minimum Gasteiger partial charge on any atom is -0.309 e. The Morgan fingerprint density at radius 1 is 0.304 bits per heavy atom. The number of para-hydroxylation sites is 2. The molecule has 0 radical (unpaired) electrons. The van der Waals surface area contributed by atoms with E-state index in [1.54, 1.807) is 0 Å². The van der Waals surface area contributed by atoms with Crippen LogP contribution in [0.25, 0.3) is 88.4 Å². The zero-order valence-electron chi connectivity index (χ0n) is 32.1. The van der Waals surface area contributed by atoms with Crippen LogP contribution in [0.1, 0.15) is 49.9 Å². The summed E-state index contributed by atoms with van der Waals surface area (Å²) in [6.07, 6.45) is 0. The average molecular weight is 717 g/mol. The van der Waals surface area contributed by atoms with Gasteiger partial charge in [-0.25, -0.2) is 0 Å². The van der Waals surface area contributed by atoms with E-state index in [-0.39, 0.29) is 10.8 Å². The monoisotopic (exact) mass is 716 g/mol. The van der Waals surface area contributed by atoms with Crippen LogP contribution in [0, 0.1) is 0 Å². The molecule has 2 nitrogen and oxygen atoms in total. The maximum Gasteiger partial charge on any atom is 0.0541 e. The lowest BCUT2D eigenvalue weighted by Gasteiger charge is -2.22.